The van der Waals surface area contributed by atoms with E-state index < -0.39 is 0 Å². The van der Waals surface area contributed by atoms with Crippen LogP contribution in [0.1, 0.15) is 43.9 Å². The summed E-state index contributed by atoms with van der Waals surface area (Å²) in [6, 6.07) is 0.882. The van der Waals surface area contributed by atoms with Crippen LogP contribution in [0, 0.1) is 0 Å². The molecule has 17 heavy (non-hydrogen) atoms. The molecule has 3 heterocycles. The lowest BCUT2D eigenvalue weighted by molar-refractivity contribution is 0.352. The summed E-state index contributed by atoms with van der Waals surface area (Å²) in [4.78, 5) is 0. The second-order valence-electron chi connectivity index (χ2n) is 5.16. The Kier molecular flexibility index (Phi) is 3.11. The summed E-state index contributed by atoms with van der Waals surface area (Å²) in [5, 5.41) is 15.7. The Balaban J connectivity index is 1.66. The van der Waals surface area contributed by atoms with Crippen LogP contribution < -0.4 is 10.6 Å². The van der Waals surface area contributed by atoms with Crippen LogP contribution in [-0.2, 0) is 13.0 Å². The number of aromatic nitrogens is 3. The van der Waals surface area contributed by atoms with E-state index in [-0.39, 0.29) is 0 Å². The molecule has 2 aliphatic rings. The third-order valence-electron chi connectivity index (χ3n) is 3.81. The number of hydrogen-bond donors (Lipinski definition) is 2. The molecule has 2 aliphatic heterocycles. The van der Waals surface area contributed by atoms with E-state index in [2.05, 4.69) is 32.3 Å². The van der Waals surface area contributed by atoms with Gasteiger partial charge in [-0.2, -0.15) is 0 Å². The molecule has 0 saturated carbocycles. The summed E-state index contributed by atoms with van der Waals surface area (Å²) in [5.41, 5.74) is 0. The summed E-state index contributed by atoms with van der Waals surface area (Å²) < 4.78 is 2.29. The van der Waals surface area contributed by atoms with Crippen LogP contribution in [0.4, 0.5) is 0 Å². The first-order valence-electron chi connectivity index (χ1n) is 6.73. The Morgan fingerprint density at radius 2 is 2.35 bits per heavy atom. The van der Waals surface area contributed by atoms with Gasteiger partial charge in [0, 0.05) is 25.6 Å². The SMILES string of the molecule is CC(NC1CCCNC1)c1nnc2n1CCC2. The maximum absolute atomic E-state index is 4.33. The molecule has 0 spiro atoms. The van der Waals surface area contributed by atoms with Gasteiger partial charge in [-0.15, -0.1) is 10.2 Å². The Bertz CT molecular complexity index is 380. The zero-order valence-corrected chi connectivity index (χ0v) is 10.4. The van der Waals surface area contributed by atoms with Gasteiger partial charge in [0.25, 0.3) is 0 Å². The van der Waals surface area contributed by atoms with E-state index in [1.165, 1.54) is 19.3 Å². The summed E-state index contributed by atoms with van der Waals surface area (Å²) >= 11 is 0. The fourth-order valence-electron chi connectivity index (χ4n) is 2.92. The smallest absolute Gasteiger partial charge is 0.149 e. The molecule has 2 N–H and O–H groups in total. The predicted octanol–water partition coefficient (Wildman–Crippen LogP) is 0.627. The molecule has 2 atom stereocenters. The molecule has 5 nitrogen and oxygen atoms in total. The molecule has 0 aliphatic carbocycles. The number of nitrogens with zero attached hydrogens (tertiary/aromatic N) is 3. The molecule has 2 unspecified atom stereocenters. The molecule has 1 saturated heterocycles. The van der Waals surface area contributed by atoms with Gasteiger partial charge in [0.2, 0.25) is 0 Å². The van der Waals surface area contributed by atoms with E-state index in [4.69, 9.17) is 0 Å². The molecule has 0 aromatic carbocycles. The monoisotopic (exact) mass is 235 g/mol. The summed E-state index contributed by atoms with van der Waals surface area (Å²) in [5.74, 6) is 2.28. The minimum atomic E-state index is 0.305. The van der Waals surface area contributed by atoms with E-state index in [0.29, 0.717) is 12.1 Å². The van der Waals surface area contributed by atoms with Crippen LogP contribution in [0.15, 0.2) is 0 Å². The lowest BCUT2D eigenvalue weighted by atomic mass is 10.1. The molecule has 5 heteroatoms. The highest BCUT2D eigenvalue weighted by Crippen LogP contribution is 2.19. The lowest BCUT2D eigenvalue weighted by Gasteiger charge is -2.27. The molecule has 0 amide bonds. The first-order chi connectivity index (χ1) is 8.34. The van der Waals surface area contributed by atoms with Crippen molar-refractivity contribution in [2.24, 2.45) is 0 Å². The normalized spacial score (nSPS) is 25.8. The van der Waals surface area contributed by atoms with Gasteiger partial charge >= 0.3 is 0 Å². The van der Waals surface area contributed by atoms with Crippen molar-refractivity contribution in [3.63, 3.8) is 0 Å². The van der Waals surface area contributed by atoms with Crippen molar-refractivity contribution in [2.75, 3.05) is 13.1 Å². The highest BCUT2D eigenvalue weighted by Gasteiger charge is 2.23. The van der Waals surface area contributed by atoms with E-state index in [1.807, 2.05) is 0 Å². The Morgan fingerprint density at radius 3 is 3.18 bits per heavy atom. The predicted molar refractivity (Wildman–Crippen MR) is 65.8 cm³/mol. The van der Waals surface area contributed by atoms with Gasteiger partial charge in [0.1, 0.15) is 11.6 Å². The number of hydrogen-bond acceptors (Lipinski definition) is 4. The topological polar surface area (TPSA) is 54.8 Å². The molecular weight excluding hydrogens is 214 g/mol. The standard InChI is InChI=1S/C12H21N5/c1-9(14-10-4-2-6-13-8-10)12-16-15-11-5-3-7-17(11)12/h9-10,13-14H,2-8H2,1H3. The number of fused-ring (bicyclic) bond motifs is 1. The number of piperidine rings is 1. The number of nitrogens with one attached hydrogen (secondary N) is 2. The van der Waals surface area contributed by atoms with E-state index in [1.54, 1.807) is 0 Å². The van der Waals surface area contributed by atoms with E-state index in [0.717, 1.165) is 37.7 Å². The van der Waals surface area contributed by atoms with Crippen LogP contribution in [0.25, 0.3) is 0 Å². The van der Waals surface area contributed by atoms with Crippen molar-refractivity contribution in [3.8, 4) is 0 Å². The van der Waals surface area contributed by atoms with Crippen molar-refractivity contribution in [1.82, 2.24) is 25.4 Å². The molecule has 1 aromatic heterocycles. The highest BCUT2D eigenvalue weighted by atomic mass is 15.3. The molecule has 94 valence electrons. The molecular formula is C12H21N5. The van der Waals surface area contributed by atoms with Crippen LogP contribution in [-0.4, -0.2) is 33.9 Å². The Labute approximate surface area is 102 Å². The quantitative estimate of drug-likeness (QED) is 0.807. The fourth-order valence-corrected chi connectivity index (χ4v) is 2.92. The van der Waals surface area contributed by atoms with Crippen molar-refractivity contribution in [1.29, 1.82) is 0 Å². The molecule has 0 radical (unpaired) electrons. The first kappa shape index (κ1) is 11.2. The van der Waals surface area contributed by atoms with Gasteiger partial charge in [0.05, 0.1) is 6.04 Å². The van der Waals surface area contributed by atoms with Crippen LogP contribution in [0.3, 0.4) is 0 Å². The molecule has 3 rings (SSSR count). The fraction of sp³-hybridized carbons (Fsp3) is 0.833. The molecule has 1 aromatic rings. The van der Waals surface area contributed by atoms with E-state index >= 15 is 0 Å². The minimum absolute atomic E-state index is 0.305. The zero-order chi connectivity index (χ0) is 11.7. The van der Waals surface area contributed by atoms with Gasteiger partial charge in [-0.05, 0) is 32.7 Å². The van der Waals surface area contributed by atoms with Crippen LogP contribution in [0.5, 0.6) is 0 Å². The average molecular weight is 235 g/mol. The summed E-state index contributed by atoms with van der Waals surface area (Å²) in [7, 11) is 0. The zero-order valence-electron chi connectivity index (χ0n) is 10.4. The average Bonchev–Trinajstić information content (AvgIpc) is 2.91. The third-order valence-corrected chi connectivity index (χ3v) is 3.81. The summed E-state index contributed by atoms with van der Waals surface area (Å²) in [6.07, 6.45) is 4.83. The largest absolute Gasteiger partial charge is 0.315 e. The van der Waals surface area contributed by atoms with Crippen molar-refractivity contribution in [3.05, 3.63) is 11.6 Å². The second-order valence-corrected chi connectivity index (χ2v) is 5.16. The molecule has 1 fully saturated rings. The van der Waals surface area contributed by atoms with Gasteiger partial charge < -0.3 is 15.2 Å². The highest BCUT2D eigenvalue weighted by molar-refractivity contribution is 5.04. The van der Waals surface area contributed by atoms with Crippen molar-refractivity contribution in [2.45, 2.75) is 51.2 Å². The summed E-state index contributed by atoms with van der Waals surface area (Å²) in [6.45, 7) is 5.52. The third kappa shape index (κ3) is 2.21. The van der Waals surface area contributed by atoms with Gasteiger partial charge in [-0.1, -0.05) is 0 Å². The van der Waals surface area contributed by atoms with Crippen LogP contribution >= 0.6 is 0 Å². The van der Waals surface area contributed by atoms with E-state index in [9.17, 15) is 0 Å². The maximum Gasteiger partial charge on any atom is 0.149 e. The minimum Gasteiger partial charge on any atom is -0.315 e. The second kappa shape index (κ2) is 4.74. The van der Waals surface area contributed by atoms with Crippen molar-refractivity contribution >= 4 is 0 Å². The Morgan fingerprint density at radius 1 is 1.41 bits per heavy atom. The first-order valence-corrected chi connectivity index (χ1v) is 6.73. The van der Waals surface area contributed by atoms with Gasteiger partial charge in [-0.25, -0.2) is 0 Å². The van der Waals surface area contributed by atoms with Crippen LogP contribution in [0.2, 0.25) is 0 Å². The van der Waals surface area contributed by atoms with Gasteiger partial charge in [0.15, 0.2) is 0 Å². The number of rotatable bonds is 3. The Hall–Kier alpha value is -0.940. The maximum atomic E-state index is 4.33. The lowest BCUT2D eigenvalue weighted by Crippen LogP contribution is -2.44. The molecule has 0 bridgehead atoms. The number of aryl methyl sites for hydroxylation is 1. The van der Waals surface area contributed by atoms with Crippen molar-refractivity contribution < 1.29 is 0 Å². The van der Waals surface area contributed by atoms with Gasteiger partial charge in [-0.3, -0.25) is 0 Å².